The minimum absolute atomic E-state index is 0.0691. The summed E-state index contributed by atoms with van der Waals surface area (Å²) >= 11 is 0. The lowest BCUT2D eigenvalue weighted by atomic mass is 9.87. The third-order valence-electron chi connectivity index (χ3n) is 2.90. The van der Waals surface area contributed by atoms with E-state index in [2.05, 4.69) is 25.8 Å². The summed E-state index contributed by atoms with van der Waals surface area (Å²) in [6.45, 7) is 6.43. The third kappa shape index (κ3) is 3.53. The first-order valence-corrected chi connectivity index (χ1v) is 6.29. The van der Waals surface area contributed by atoms with Crippen LogP contribution in [-0.2, 0) is 12.0 Å². The van der Waals surface area contributed by atoms with Crippen molar-refractivity contribution in [3.63, 3.8) is 0 Å². The van der Waals surface area contributed by atoms with E-state index in [9.17, 15) is 4.39 Å². The Morgan fingerprint density at radius 2 is 1.95 bits per heavy atom. The molecule has 1 aromatic heterocycles. The van der Waals surface area contributed by atoms with Crippen molar-refractivity contribution in [2.24, 2.45) is 0 Å². The second-order valence-corrected chi connectivity index (χ2v) is 5.50. The average molecular weight is 259 g/mol. The standard InChI is InChI=1S/C16H18FNO/c1-16(2,3)12-7-8-15(14(17)10-12)19-11-13-6-4-5-9-18-13/h4-10H,11H2,1-3H3. The van der Waals surface area contributed by atoms with Crippen molar-refractivity contribution < 1.29 is 9.13 Å². The van der Waals surface area contributed by atoms with Crippen molar-refractivity contribution >= 4 is 0 Å². The molecule has 0 atom stereocenters. The molecule has 2 nitrogen and oxygen atoms in total. The molecular weight excluding hydrogens is 241 g/mol. The first kappa shape index (κ1) is 13.5. The maximum absolute atomic E-state index is 13.9. The summed E-state index contributed by atoms with van der Waals surface area (Å²) in [6.07, 6.45) is 1.69. The lowest BCUT2D eigenvalue weighted by Crippen LogP contribution is -2.11. The van der Waals surface area contributed by atoms with Gasteiger partial charge < -0.3 is 4.74 Å². The summed E-state index contributed by atoms with van der Waals surface area (Å²) in [6, 6.07) is 10.7. The van der Waals surface area contributed by atoms with Gasteiger partial charge in [0, 0.05) is 6.20 Å². The van der Waals surface area contributed by atoms with E-state index >= 15 is 0 Å². The molecule has 0 aliphatic heterocycles. The fraction of sp³-hybridized carbons (Fsp3) is 0.312. The number of pyridine rings is 1. The third-order valence-corrected chi connectivity index (χ3v) is 2.90. The Kier molecular flexibility index (Phi) is 3.84. The molecule has 1 aromatic carbocycles. The first-order chi connectivity index (χ1) is 8.97. The van der Waals surface area contributed by atoms with Crippen LogP contribution in [0.4, 0.5) is 4.39 Å². The smallest absolute Gasteiger partial charge is 0.165 e. The van der Waals surface area contributed by atoms with E-state index in [1.54, 1.807) is 12.3 Å². The topological polar surface area (TPSA) is 22.1 Å². The van der Waals surface area contributed by atoms with Crippen molar-refractivity contribution in [3.8, 4) is 5.75 Å². The van der Waals surface area contributed by atoms with E-state index in [1.165, 1.54) is 6.07 Å². The summed E-state index contributed by atoms with van der Waals surface area (Å²) in [5.41, 5.74) is 1.66. The van der Waals surface area contributed by atoms with Crippen molar-refractivity contribution in [1.82, 2.24) is 4.98 Å². The Morgan fingerprint density at radius 3 is 2.53 bits per heavy atom. The van der Waals surface area contributed by atoms with E-state index in [4.69, 9.17) is 4.74 Å². The molecule has 3 heteroatoms. The quantitative estimate of drug-likeness (QED) is 0.828. The highest BCUT2D eigenvalue weighted by molar-refractivity contribution is 5.32. The second kappa shape index (κ2) is 5.39. The number of benzene rings is 1. The van der Waals surface area contributed by atoms with Gasteiger partial charge in [0.25, 0.3) is 0 Å². The molecule has 2 aromatic rings. The largest absolute Gasteiger partial charge is 0.484 e. The van der Waals surface area contributed by atoms with Gasteiger partial charge in [-0.1, -0.05) is 32.9 Å². The zero-order valence-electron chi connectivity index (χ0n) is 11.5. The molecule has 0 aliphatic carbocycles. The van der Waals surface area contributed by atoms with Crippen LogP contribution in [0.1, 0.15) is 32.0 Å². The van der Waals surface area contributed by atoms with Crippen LogP contribution in [0.15, 0.2) is 42.6 Å². The zero-order valence-corrected chi connectivity index (χ0v) is 11.5. The van der Waals surface area contributed by atoms with E-state index < -0.39 is 0 Å². The Labute approximate surface area is 113 Å². The van der Waals surface area contributed by atoms with Crippen LogP contribution in [0.5, 0.6) is 5.75 Å². The molecule has 0 saturated carbocycles. The van der Waals surface area contributed by atoms with Gasteiger partial charge in [-0.15, -0.1) is 0 Å². The van der Waals surface area contributed by atoms with Gasteiger partial charge in [0.15, 0.2) is 11.6 Å². The summed E-state index contributed by atoms with van der Waals surface area (Å²) in [5, 5.41) is 0. The van der Waals surface area contributed by atoms with E-state index in [0.29, 0.717) is 0 Å². The van der Waals surface area contributed by atoms with Crippen LogP contribution in [0.3, 0.4) is 0 Å². The average Bonchev–Trinajstić information content (AvgIpc) is 2.37. The minimum Gasteiger partial charge on any atom is -0.484 e. The zero-order chi connectivity index (χ0) is 13.9. The normalized spacial score (nSPS) is 11.4. The van der Waals surface area contributed by atoms with Gasteiger partial charge in [0.1, 0.15) is 6.61 Å². The van der Waals surface area contributed by atoms with E-state index in [-0.39, 0.29) is 23.6 Å². The highest BCUT2D eigenvalue weighted by Crippen LogP contribution is 2.27. The minimum atomic E-state index is -0.330. The van der Waals surface area contributed by atoms with Gasteiger partial charge in [-0.3, -0.25) is 4.98 Å². The summed E-state index contributed by atoms with van der Waals surface area (Å²) in [4.78, 5) is 4.13. The second-order valence-electron chi connectivity index (χ2n) is 5.50. The predicted octanol–water partition coefficient (Wildman–Crippen LogP) is 4.10. The number of hydrogen-bond acceptors (Lipinski definition) is 2. The molecule has 0 amide bonds. The molecule has 0 radical (unpaired) electrons. The number of rotatable bonds is 3. The van der Waals surface area contributed by atoms with Crippen molar-refractivity contribution in [2.75, 3.05) is 0 Å². The van der Waals surface area contributed by atoms with Crippen LogP contribution >= 0.6 is 0 Å². The highest BCUT2D eigenvalue weighted by Gasteiger charge is 2.16. The Hall–Kier alpha value is -1.90. The number of ether oxygens (including phenoxy) is 1. The van der Waals surface area contributed by atoms with Crippen LogP contribution in [0.2, 0.25) is 0 Å². The Morgan fingerprint density at radius 1 is 1.16 bits per heavy atom. The number of halogens is 1. The predicted molar refractivity (Wildman–Crippen MR) is 73.7 cm³/mol. The van der Waals surface area contributed by atoms with Crippen molar-refractivity contribution in [2.45, 2.75) is 32.8 Å². The highest BCUT2D eigenvalue weighted by atomic mass is 19.1. The van der Waals surface area contributed by atoms with Gasteiger partial charge in [0.2, 0.25) is 0 Å². The Balaban J connectivity index is 2.10. The molecule has 0 unspecified atom stereocenters. The fourth-order valence-corrected chi connectivity index (χ4v) is 1.72. The van der Waals surface area contributed by atoms with Gasteiger partial charge in [-0.25, -0.2) is 4.39 Å². The maximum atomic E-state index is 13.9. The van der Waals surface area contributed by atoms with Crippen molar-refractivity contribution in [3.05, 3.63) is 59.7 Å². The molecule has 0 aliphatic rings. The number of hydrogen-bond donors (Lipinski definition) is 0. The lowest BCUT2D eigenvalue weighted by molar-refractivity contribution is 0.285. The molecule has 2 rings (SSSR count). The molecule has 0 spiro atoms. The van der Waals surface area contributed by atoms with Crippen LogP contribution in [0.25, 0.3) is 0 Å². The summed E-state index contributed by atoms with van der Waals surface area (Å²) < 4.78 is 19.4. The SMILES string of the molecule is CC(C)(C)c1ccc(OCc2ccccn2)c(F)c1. The van der Waals surface area contributed by atoms with Gasteiger partial charge in [-0.05, 0) is 35.2 Å². The molecule has 1 heterocycles. The molecule has 0 bridgehead atoms. The number of nitrogens with zero attached hydrogens (tertiary/aromatic N) is 1. The summed E-state index contributed by atoms with van der Waals surface area (Å²) in [5.74, 6) is -0.0676. The van der Waals surface area contributed by atoms with Crippen LogP contribution in [0, 0.1) is 5.82 Å². The van der Waals surface area contributed by atoms with Crippen molar-refractivity contribution in [1.29, 1.82) is 0 Å². The first-order valence-electron chi connectivity index (χ1n) is 6.29. The lowest BCUT2D eigenvalue weighted by Gasteiger charge is -2.19. The van der Waals surface area contributed by atoms with E-state index in [1.807, 2.05) is 24.3 Å². The van der Waals surface area contributed by atoms with Crippen LogP contribution < -0.4 is 4.74 Å². The Bertz CT molecular complexity index is 546. The molecule has 0 saturated heterocycles. The summed E-state index contributed by atoms with van der Waals surface area (Å²) in [7, 11) is 0. The molecule has 0 N–H and O–H groups in total. The molecule has 0 fully saturated rings. The molecule has 100 valence electrons. The van der Waals surface area contributed by atoms with Crippen LogP contribution in [-0.4, -0.2) is 4.98 Å². The number of aromatic nitrogens is 1. The molecule has 19 heavy (non-hydrogen) atoms. The van der Waals surface area contributed by atoms with E-state index in [0.717, 1.165) is 11.3 Å². The fourth-order valence-electron chi connectivity index (χ4n) is 1.72. The van der Waals surface area contributed by atoms with Gasteiger partial charge in [-0.2, -0.15) is 0 Å². The van der Waals surface area contributed by atoms with Gasteiger partial charge in [0.05, 0.1) is 5.69 Å². The monoisotopic (exact) mass is 259 g/mol. The molecular formula is C16H18FNO. The maximum Gasteiger partial charge on any atom is 0.165 e. The van der Waals surface area contributed by atoms with Gasteiger partial charge >= 0.3 is 0 Å².